The molecule has 0 aromatic heterocycles. The Morgan fingerprint density at radius 2 is 1.80 bits per heavy atom. The average molecular weight is 416 g/mol. The van der Waals surface area contributed by atoms with Crippen LogP contribution in [0.15, 0.2) is 18.2 Å². The molecule has 0 saturated heterocycles. The first-order valence-electron chi connectivity index (χ1n) is 10.6. The van der Waals surface area contributed by atoms with Crippen LogP contribution in [0.25, 0.3) is 0 Å². The van der Waals surface area contributed by atoms with Crippen molar-refractivity contribution in [2.75, 3.05) is 13.7 Å². The van der Waals surface area contributed by atoms with Crippen molar-refractivity contribution in [3.05, 3.63) is 33.9 Å². The Hall–Kier alpha value is -2.64. The summed E-state index contributed by atoms with van der Waals surface area (Å²) < 4.78 is 10.0. The molecule has 1 amide bonds. The maximum Gasteiger partial charge on any atom is 0.338 e. The Kier molecular flexibility index (Phi) is 5.42. The number of amides is 1. The Labute approximate surface area is 175 Å². The minimum atomic E-state index is -0.779. The van der Waals surface area contributed by atoms with E-state index in [0.29, 0.717) is 0 Å². The van der Waals surface area contributed by atoms with E-state index in [2.05, 4.69) is 12.2 Å². The third-order valence-electron chi connectivity index (χ3n) is 7.33. The molecule has 1 N–H and O–H groups in total. The van der Waals surface area contributed by atoms with Crippen LogP contribution in [0.2, 0.25) is 0 Å². The number of esters is 1. The van der Waals surface area contributed by atoms with Crippen molar-refractivity contribution in [3.8, 4) is 5.75 Å². The molecule has 4 aliphatic rings. The standard InChI is InChI=1S/C22H28N2O6/c1-13(22-9-14-5-15(10-22)7-16(6-14)11-22)23-20(25)12-30-21(26)17-3-4-19(29-2)18(8-17)24(27)28/h3-4,8,13-16H,5-7,9-12H2,1-2H3,(H,23,25)/t13-,14?,15?,16?,22?/m0/s1. The van der Waals surface area contributed by atoms with Gasteiger partial charge in [0.05, 0.1) is 17.6 Å². The summed E-state index contributed by atoms with van der Waals surface area (Å²) in [5.74, 6) is 1.31. The average Bonchev–Trinajstić information content (AvgIpc) is 2.70. The topological polar surface area (TPSA) is 108 Å². The first-order chi connectivity index (χ1) is 14.3. The normalized spacial score (nSPS) is 29.9. The maximum absolute atomic E-state index is 12.4. The Balaban J connectivity index is 1.33. The van der Waals surface area contributed by atoms with Gasteiger partial charge in [-0.15, -0.1) is 0 Å². The molecular formula is C22H28N2O6. The zero-order chi connectivity index (χ0) is 21.5. The third kappa shape index (κ3) is 3.87. The van der Waals surface area contributed by atoms with Crippen molar-refractivity contribution < 1.29 is 24.0 Å². The Morgan fingerprint density at radius 1 is 1.20 bits per heavy atom. The number of nitro groups is 1. The molecule has 4 saturated carbocycles. The molecule has 0 heterocycles. The largest absolute Gasteiger partial charge is 0.490 e. The van der Waals surface area contributed by atoms with E-state index in [-0.39, 0.29) is 34.4 Å². The summed E-state index contributed by atoms with van der Waals surface area (Å²) in [4.78, 5) is 35.2. The van der Waals surface area contributed by atoms with Gasteiger partial charge in [0.15, 0.2) is 12.4 Å². The van der Waals surface area contributed by atoms with E-state index in [4.69, 9.17) is 9.47 Å². The molecule has 0 aliphatic heterocycles. The van der Waals surface area contributed by atoms with Crippen LogP contribution in [0.3, 0.4) is 0 Å². The van der Waals surface area contributed by atoms with E-state index in [1.54, 1.807) is 0 Å². The van der Waals surface area contributed by atoms with Crippen molar-refractivity contribution in [3.63, 3.8) is 0 Å². The van der Waals surface area contributed by atoms with Crippen molar-refractivity contribution in [1.29, 1.82) is 0 Å². The highest BCUT2D eigenvalue weighted by molar-refractivity contribution is 5.92. The molecule has 0 radical (unpaired) electrons. The highest BCUT2D eigenvalue weighted by atomic mass is 16.6. The lowest BCUT2D eigenvalue weighted by molar-refractivity contribution is -0.385. The second-order valence-corrected chi connectivity index (χ2v) is 9.29. The van der Waals surface area contributed by atoms with Gasteiger partial charge in [0.2, 0.25) is 0 Å². The molecule has 8 heteroatoms. The minimum Gasteiger partial charge on any atom is -0.490 e. The monoisotopic (exact) mass is 416 g/mol. The summed E-state index contributed by atoms with van der Waals surface area (Å²) in [6.07, 6.45) is 7.55. The second-order valence-electron chi connectivity index (χ2n) is 9.29. The molecule has 0 unspecified atom stereocenters. The lowest BCUT2D eigenvalue weighted by atomic mass is 9.48. The van der Waals surface area contributed by atoms with Gasteiger partial charge < -0.3 is 14.8 Å². The van der Waals surface area contributed by atoms with Gasteiger partial charge in [-0.3, -0.25) is 14.9 Å². The second kappa shape index (κ2) is 7.89. The highest BCUT2D eigenvalue weighted by Crippen LogP contribution is 2.61. The van der Waals surface area contributed by atoms with Gasteiger partial charge >= 0.3 is 11.7 Å². The van der Waals surface area contributed by atoms with Crippen LogP contribution in [0.5, 0.6) is 5.75 Å². The van der Waals surface area contributed by atoms with E-state index < -0.39 is 17.5 Å². The van der Waals surface area contributed by atoms with Crippen LogP contribution in [-0.2, 0) is 9.53 Å². The molecule has 30 heavy (non-hydrogen) atoms. The maximum atomic E-state index is 12.4. The summed E-state index contributed by atoms with van der Waals surface area (Å²) in [7, 11) is 1.32. The van der Waals surface area contributed by atoms with Gasteiger partial charge in [-0.25, -0.2) is 4.79 Å². The predicted octanol–water partition coefficient (Wildman–Crippen LogP) is 3.48. The Morgan fingerprint density at radius 3 is 2.33 bits per heavy atom. The van der Waals surface area contributed by atoms with Crippen molar-refractivity contribution in [2.24, 2.45) is 23.2 Å². The van der Waals surface area contributed by atoms with E-state index >= 15 is 0 Å². The van der Waals surface area contributed by atoms with Crippen LogP contribution >= 0.6 is 0 Å². The summed E-state index contributed by atoms with van der Waals surface area (Å²) in [6, 6.07) is 3.85. The quantitative estimate of drug-likeness (QED) is 0.414. The van der Waals surface area contributed by atoms with Crippen LogP contribution in [0.1, 0.15) is 55.8 Å². The number of benzene rings is 1. The van der Waals surface area contributed by atoms with Crippen LogP contribution < -0.4 is 10.1 Å². The third-order valence-corrected chi connectivity index (χ3v) is 7.33. The molecule has 5 rings (SSSR count). The SMILES string of the molecule is COc1ccc(C(=O)OCC(=O)N[C@@H](C)C23CC4CC(CC(C4)C2)C3)cc1[N+](=O)[O-]. The predicted molar refractivity (Wildman–Crippen MR) is 108 cm³/mol. The van der Waals surface area contributed by atoms with Crippen LogP contribution in [0, 0.1) is 33.3 Å². The molecule has 162 valence electrons. The minimum absolute atomic E-state index is 0.00410. The number of carbonyl (C=O) groups is 2. The van der Waals surface area contributed by atoms with E-state index in [0.717, 1.165) is 23.8 Å². The summed E-state index contributed by atoms with van der Waals surface area (Å²) in [5.41, 5.74) is -0.151. The van der Waals surface area contributed by atoms with Gasteiger partial charge in [0.25, 0.3) is 5.91 Å². The highest BCUT2D eigenvalue weighted by Gasteiger charge is 2.53. The van der Waals surface area contributed by atoms with Crippen molar-refractivity contribution in [2.45, 2.75) is 51.5 Å². The number of hydrogen-bond acceptors (Lipinski definition) is 6. The first-order valence-corrected chi connectivity index (χ1v) is 10.6. The van der Waals surface area contributed by atoms with Crippen molar-refractivity contribution in [1.82, 2.24) is 5.32 Å². The number of rotatable bonds is 7. The molecule has 0 spiro atoms. The van der Waals surface area contributed by atoms with Crippen LogP contribution in [-0.4, -0.2) is 36.6 Å². The van der Waals surface area contributed by atoms with Gasteiger partial charge in [-0.05, 0) is 80.8 Å². The van der Waals surface area contributed by atoms with Crippen LogP contribution in [0.4, 0.5) is 5.69 Å². The summed E-state index contributed by atoms with van der Waals surface area (Å²) >= 11 is 0. The fourth-order valence-corrected chi connectivity index (χ4v) is 6.32. The number of hydrogen-bond donors (Lipinski definition) is 1. The molecule has 1 aromatic rings. The first kappa shape index (κ1) is 20.6. The zero-order valence-corrected chi connectivity index (χ0v) is 17.4. The number of nitro benzene ring substituents is 1. The number of nitrogens with one attached hydrogen (secondary N) is 1. The number of methoxy groups -OCH3 is 1. The summed E-state index contributed by atoms with van der Waals surface area (Å²) in [6.45, 7) is 1.66. The van der Waals surface area contributed by atoms with E-state index in [1.807, 2.05) is 0 Å². The lowest BCUT2D eigenvalue weighted by Crippen LogP contribution is -2.56. The van der Waals surface area contributed by atoms with Crippen molar-refractivity contribution >= 4 is 17.6 Å². The van der Waals surface area contributed by atoms with Gasteiger partial charge in [0.1, 0.15) is 0 Å². The van der Waals surface area contributed by atoms with E-state index in [1.165, 1.54) is 57.8 Å². The number of nitrogens with zero attached hydrogens (tertiary/aromatic N) is 1. The Bertz CT molecular complexity index is 832. The van der Waals surface area contributed by atoms with Gasteiger partial charge in [-0.1, -0.05) is 0 Å². The molecule has 4 aliphatic carbocycles. The van der Waals surface area contributed by atoms with Gasteiger partial charge in [0, 0.05) is 12.1 Å². The molecule has 4 fully saturated rings. The zero-order valence-electron chi connectivity index (χ0n) is 17.4. The molecule has 1 atom stereocenters. The van der Waals surface area contributed by atoms with Gasteiger partial charge in [-0.2, -0.15) is 0 Å². The van der Waals surface area contributed by atoms with E-state index in [9.17, 15) is 19.7 Å². The number of ether oxygens (including phenoxy) is 2. The molecule has 1 aromatic carbocycles. The molecule has 8 nitrogen and oxygen atoms in total. The number of carbonyl (C=O) groups excluding carboxylic acids is 2. The lowest BCUT2D eigenvalue weighted by Gasteiger charge is -2.59. The molecule has 4 bridgehead atoms. The fraction of sp³-hybridized carbons (Fsp3) is 0.636. The smallest absolute Gasteiger partial charge is 0.338 e. The molecular weight excluding hydrogens is 388 g/mol. The summed E-state index contributed by atoms with van der Waals surface area (Å²) in [5, 5.41) is 14.2. The fourth-order valence-electron chi connectivity index (χ4n) is 6.32.